The molecule has 3 N–H and O–H groups in total. The maximum absolute atomic E-state index is 11.8. The molecule has 118 valence electrons. The van der Waals surface area contributed by atoms with Crippen LogP contribution >= 0.6 is 12.4 Å². The van der Waals surface area contributed by atoms with E-state index in [0.717, 1.165) is 5.56 Å². The molecule has 0 saturated heterocycles. The van der Waals surface area contributed by atoms with Crippen LogP contribution in [0.4, 0.5) is 0 Å². The van der Waals surface area contributed by atoms with Crippen LogP contribution in [0.2, 0.25) is 0 Å². The molecule has 5 nitrogen and oxygen atoms in total. The van der Waals surface area contributed by atoms with Gasteiger partial charge in [-0.1, -0.05) is 44.2 Å². The number of carbonyl (C=O) groups is 2. The van der Waals surface area contributed by atoms with Gasteiger partial charge in [0, 0.05) is 0 Å². The van der Waals surface area contributed by atoms with Crippen LogP contribution in [-0.2, 0) is 20.7 Å². The number of aliphatic carboxylic acids is 1. The Morgan fingerprint density at radius 3 is 2.29 bits per heavy atom. The first-order valence-corrected chi connectivity index (χ1v) is 6.63. The molecule has 0 spiro atoms. The Kier molecular flexibility index (Phi) is 8.66. The molecule has 0 aliphatic heterocycles. The van der Waals surface area contributed by atoms with E-state index in [1.54, 1.807) is 0 Å². The van der Waals surface area contributed by atoms with E-state index in [2.05, 4.69) is 0 Å². The summed E-state index contributed by atoms with van der Waals surface area (Å²) in [6.07, 6.45) is -0.531. The summed E-state index contributed by atoms with van der Waals surface area (Å²) in [4.78, 5) is 22.9. The van der Waals surface area contributed by atoms with Gasteiger partial charge in [0.2, 0.25) is 0 Å². The number of nitrogens with two attached hydrogens (primary N) is 1. The van der Waals surface area contributed by atoms with Crippen LogP contribution in [0.3, 0.4) is 0 Å². The molecule has 1 rings (SSSR count). The summed E-state index contributed by atoms with van der Waals surface area (Å²) in [7, 11) is 0. The highest BCUT2D eigenvalue weighted by Crippen LogP contribution is 2.11. The molecule has 2 atom stereocenters. The van der Waals surface area contributed by atoms with Crippen molar-refractivity contribution < 1.29 is 19.4 Å². The van der Waals surface area contributed by atoms with Gasteiger partial charge in [0.25, 0.3) is 0 Å². The lowest BCUT2D eigenvalue weighted by Gasteiger charge is -2.18. The van der Waals surface area contributed by atoms with Gasteiger partial charge in [-0.25, -0.2) is 4.79 Å². The van der Waals surface area contributed by atoms with Crippen molar-refractivity contribution in [1.29, 1.82) is 0 Å². The summed E-state index contributed by atoms with van der Waals surface area (Å²) in [5.41, 5.74) is 6.67. The van der Waals surface area contributed by atoms with Gasteiger partial charge in [0.1, 0.15) is 6.04 Å². The van der Waals surface area contributed by atoms with Crippen molar-refractivity contribution in [3.05, 3.63) is 35.9 Å². The average Bonchev–Trinajstić information content (AvgIpc) is 2.38. The fraction of sp³-hybridized carbons (Fsp3) is 0.467. The molecule has 0 aromatic heterocycles. The second-order valence-electron chi connectivity index (χ2n) is 5.19. The Hall–Kier alpha value is -1.59. The van der Waals surface area contributed by atoms with Crippen LogP contribution in [0, 0.1) is 5.92 Å². The Morgan fingerprint density at radius 1 is 1.24 bits per heavy atom. The van der Waals surface area contributed by atoms with E-state index in [1.165, 1.54) is 0 Å². The van der Waals surface area contributed by atoms with E-state index >= 15 is 0 Å². The molecule has 1 aromatic rings. The third-order valence-electron chi connectivity index (χ3n) is 2.82. The maximum Gasteiger partial charge on any atom is 0.345 e. The minimum absolute atomic E-state index is 0. The van der Waals surface area contributed by atoms with Crippen molar-refractivity contribution in [2.75, 3.05) is 0 Å². The van der Waals surface area contributed by atoms with Crippen molar-refractivity contribution >= 4 is 24.3 Å². The first-order valence-electron chi connectivity index (χ1n) is 6.63. The van der Waals surface area contributed by atoms with Gasteiger partial charge in [0.05, 0.1) is 0 Å². The summed E-state index contributed by atoms with van der Waals surface area (Å²) in [5, 5.41) is 9.02. The predicted octanol–water partition coefficient (Wildman–Crippen LogP) is 2.02. The number of benzene rings is 1. The first-order chi connectivity index (χ1) is 9.40. The molecule has 1 aromatic carbocycles. The topological polar surface area (TPSA) is 89.6 Å². The molecule has 0 heterocycles. The summed E-state index contributed by atoms with van der Waals surface area (Å²) >= 11 is 0. The molecule has 6 heteroatoms. The Morgan fingerprint density at radius 2 is 1.81 bits per heavy atom. The average molecular weight is 316 g/mol. The summed E-state index contributed by atoms with van der Waals surface area (Å²) in [6.45, 7) is 3.74. The zero-order chi connectivity index (χ0) is 15.1. The Labute approximate surface area is 130 Å². The lowest BCUT2D eigenvalue weighted by atomic mass is 10.1. The molecule has 21 heavy (non-hydrogen) atoms. The largest absolute Gasteiger partial charge is 0.479 e. The molecular formula is C15H22ClNO4. The van der Waals surface area contributed by atoms with Crippen molar-refractivity contribution in [1.82, 2.24) is 0 Å². The quantitative estimate of drug-likeness (QED) is 0.751. The first kappa shape index (κ1) is 19.4. The normalized spacial score (nSPS) is 13.1. The van der Waals surface area contributed by atoms with E-state index in [9.17, 15) is 9.59 Å². The zero-order valence-electron chi connectivity index (χ0n) is 12.2. The number of hydrogen-bond acceptors (Lipinski definition) is 4. The minimum Gasteiger partial charge on any atom is -0.479 e. The van der Waals surface area contributed by atoms with E-state index in [-0.39, 0.29) is 24.7 Å². The smallest absolute Gasteiger partial charge is 0.345 e. The Bertz CT molecular complexity index is 450. The van der Waals surface area contributed by atoms with Crippen LogP contribution in [0.1, 0.15) is 25.8 Å². The van der Waals surface area contributed by atoms with E-state index in [1.807, 2.05) is 44.2 Å². The van der Waals surface area contributed by atoms with Gasteiger partial charge < -0.3 is 15.6 Å². The standard InChI is InChI=1S/C15H21NO4.ClH/c1-10(2)8-13(14(17)18)20-15(19)12(16)9-11-6-4-3-5-7-11;/h3-7,10,12-13H,8-9,16H2,1-2H3,(H,17,18);1H/t12-,13-;/m0./s1. The molecule has 0 aliphatic rings. The highest BCUT2D eigenvalue weighted by Gasteiger charge is 2.26. The van der Waals surface area contributed by atoms with Gasteiger partial charge in [-0.2, -0.15) is 0 Å². The summed E-state index contributed by atoms with van der Waals surface area (Å²) in [6, 6.07) is 8.44. The van der Waals surface area contributed by atoms with Gasteiger partial charge in [-0.05, 0) is 24.3 Å². The zero-order valence-corrected chi connectivity index (χ0v) is 13.0. The number of rotatable bonds is 7. The predicted molar refractivity (Wildman–Crippen MR) is 82.3 cm³/mol. The van der Waals surface area contributed by atoms with Crippen molar-refractivity contribution in [3.8, 4) is 0 Å². The number of ether oxygens (including phenoxy) is 1. The molecule has 0 amide bonds. The second-order valence-corrected chi connectivity index (χ2v) is 5.19. The number of carboxylic acids is 1. The molecule has 0 aliphatic carbocycles. The third kappa shape index (κ3) is 7.11. The van der Waals surface area contributed by atoms with Crippen molar-refractivity contribution in [2.24, 2.45) is 11.7 Å². The van der Waals surface area contributed by atoms with Gasteiger partial charge >= 0.3 is 11.9 Å². The maximum atomic E-state index is 11.8. The van der Waals surface area contributed by atoms with E-state index in [4.69, 9.17) is 15.6 Å². The number of halogens is 1. The van der Waals surface area contributed by atoms with Crippen LogP contribution in [0.25, 0.3) is 0 Å². The van der Waals surface area contributed by atoms with Crippen LogP contribution < -0.4 is 5.73 Å². The minimum atomic E-state index is -1.14. The van der Waals surface area contributed by atoms with Gasteiger partial charge in [0.15, 0.2) is 6.10 Å². The fourth-order valence-corrected chi connectivity index (χ4v) is 1.81. The monoisotopic (exact) mass is 315 g/mol. The number of carboxylic acid groups (broad SMARTS) is 1. The molecule has 0 radical (unpaired) electrons. The third-order valence-corrected chi connectivity index (χ3v) is 2.82. The molecule has 0 fully saturated rings. The van der Waals surface area contributed by atoms with E-state index in [0.29, 0.717) is 6.42 Å². The van der Waals surface area contributed by atoms with E-state index < -0.39 is 24.1 Å². The Balaban J connectivity index is 0.00000400. The lowest BCUT2D eigenvalue weighted by molar-refractivity contribution is -0.165. The summed E-state index contributed by atoms with van der Waals surface area (Å²) < 4.78 is 4.99. The van der Waals surface area contributed by atoms with Crippen molar-refractivity contribution in [2.45, 2.75) is 38.8 Å². The van der Waals surface area contributed by atoms with Gasteiger partial charge in [-0.3, -0.25) is 4.79 Å². The number of hydrogen-bond donors (Lipinski definition) is 2. The molecule has 0 saturated carbocycles. The van der Waals surface area contributed by atoms with Crippen molar-refractivity contribution in [3.63, 3.8) is 0 Å². The second kappa shape index (κ2) is 9.37. The highest BCUT2D eigenvalue weighted by atomic mass is 35.5. The SMILES string of the molecule is CC(C)C[C@H](OC(=O)[C@@H](N)Cc1ccccc1)C(=O)O.Cl. The van der Waals surface area contributed by atoms with Crippen LogP contribution in [-0.4, -0.2) is 29.2 Å². The number of esters is 1. The lowest BCUT2D eigenvalue weighted by Crippen LogP contribution is -2.39. The molecule has 0 unspecified atom stereocenters. The van der Waals surface area contributed by atoms with Crippen LogP contribution in [0.15, 0.2) is 30.3 Å². The summed E-state index contributed by atoms with van der Waals surface area (Å²) in [5.74, 6) is -1.70. The number of carbonyl (C=O) groups excluding carboxylic acids is 1. The molecule has 0 bridgehead atoms. The fourth-order valence-electron chi connectivity index (χ4n) is 1.81. The molecular weight excluding hydrogens is 294 g/mol. The van der Waals surface area contributed by atoms with Gasteiger partial charge in [-0.15, -0.1) is 12.4 Å². The highest BCUT2D eigenvalue weighted by molar-refractivity contribution is 5.85. The van der Waals surface area contributed by atoms with Crippen LogP contribution in [0.5, 0.6) is 0 Å².